The molecule has 1 amide bonds. The van der Waals surface area contributed by atoms with Gasteiger partial charge in [-0.05, 0) is 13.0 Å². The summed E-state index contributed by atoms with van der Waals surface area (Å²) in [6, 6.07) is 2.60. The number of carbonyl (C=O) groups is 1. The molecule has 0 aliphatic carbocycles. The number of nitrogen functional groups attached to an aromatic ring is 1. The van der Waals surface area contributed by atoms with Gasteiger partial charge in [0.2, 0.25) is 0 Å². The summed E-state index contributed by atoms with van der Waals surface area (Å²) < 4.78 is 4.64. The minimum Gasteiger partial charge on any atom is -0.506 e. The number of rotatable bonds is 2. The van der Waals surface area contributed by atoms with Gasteiger partial charge in [0, 0.05) is 6.07 Å². The van der Waals surface area contributed by atoms with Gasteiger partial charge in [-0.1, -0.05) is 11.6 Å². The van der Waals surface area contributed by atoms with Crippen LogP contribution in [0.2, 0.25) is 5.02 Å². The number of halogens is 1. The number of anilines is 2. The number of hydrogen-bond donors (Lipinski definition) is 3. The number of amides is 1. The lowest BCUT2D eigenvalue weighted by Gasteiger charge is -2.08. The van der Waals surface area contributed by atoms with Crippen LogP contribution in [-0.4, -0.2) is 17.8 Å². The Bertz CT molecular complexity index is 382. The van der Waals surface area contributed by atoms with E-state index in [1.807, 2.05) is 0 Å². The molecule has 1 aromatic rings. The van der Waals surface area contributed by atoms with Crippen LogP contribution in [0.3, 0.4) is 0 Å². The van der Waals surface area contributed by atoms with E-state index in [0.29, 0.717) is 0 Å². The van der Waals surface area contributed by atoms with Crippen molar-refractivity contribution in [3.63, 3.8) is 0 Å². The van der Waals surface area contributed by atoms with E-state index < -0.39 is 6.09 Å². The van der Waals surface area contributed by atoms with Crippen molar-refractivity contribution in [1.82, 2.24) is 0 Å². The van der Waals surface area contributed by atoms with Crippen LogP contribution in [0.5, 0.6) is 5.75 Å². The van der Waals surface area contributed by atoms with Crippen molar-refractivity contribution in [3.8, 4) is 5.75 Å². The molecule has 0 heterocycles. The fraction of sp³-hybridized carbons (Fsp3) is 0.222. The van der Waals surface area contributed by atoms with E-state index in [1.54, 1.807) is 6.92 Å². The Balaban J connectivity index is 2.86. The Morgan fingerprint density at radius 3 is 2.93 bits per heavy atom. The number of aromatic hydroxyl groups is 1. The molecule has 0 radical (unpaired) electrons. The molecule has 0 aromatic heterocycles. The van der Waals surface area contributed by atoms with Crippen LogP contribution in [0.15, 0.2) is 12.1 Å². The van der Waals surface area contributed by atoms with Crippen LogP contribution in [0.1, 0.15) is 6.92 Å². The zero-order chi connectivity index (χ0) is 11.4. The number of phenolic OH excluding ortho intramolecular Hbond substituents is 1. The van der Waals surface area contributed by atoms with Crippen LogP contribution in [-0.2, 0) is 4.74 Å². The monoisotopic (exact) mass is 230 g/mol. The molecule has 0 aliphatic heterocycles. The Kier molecular flexibility index (Phi) is 3.62. The second kappa shape index (κ2) is 4.75. The van der Waals surface area contributed by atoms with E-state index in [2.05, 4.69) is 10.1 Å². The first kappa shape index (κ1) is 11.5. The maximum Gasteiger partial charge on any atom is 0.411 e. The smallest absolute Gasteiger partial charge is 0.411 e. The number of ether oxygens (including phenoxy) is 1. The van der Waals surface area contributed by atoms with E-state index in [-0.39, 0.29) is 28.8 Å². The summed E-state index contributed by atoms with van der Waals surface area (Å²) in [6.07, 6.45) is -0.659. The third-order valence-electron chi connectivity index (χ3n) is 1.63. The highest BCUT2D eigenvalue weighted by atomic mass is 35.5. The third-order valence-corrected chi connectivity index (χ3v) is 1.95. The summed E-state index contributed by atoms with van der Waals surface area (Å²) in [7, 11) is 0. The first-order chi connectivity index (χ1) is 7.04. The molecule has 0 saturated carbocycles. The van der Waals surface area contributed by atoms with Crippen molar-refractivity contribution in [1.29, 1.82) is 0 Å². The molecule has 82 valence electrons. The predicted octanol–water partition coefficient (Wildman–Crippen LogP) is 2.20. The molecule has 0 atom stereocenters. The summed E-state index contributed by atoms with van der Waals surface area (Å²) in [5, 5.41) is 12.0. The van der Waals surface area contributed by atoms with E-state index in [4.69, 9.17) is 17.3 Å². The van der Waals surface area contributed by atoms with Gasteiger partial charge in [0.05, 0.1) is 23.0 Å². The number of hydrogen-bond acceptors (Lipinski definition) is 4. The van der Waals surface area contributed by atoms with E-state index in [9.17, 15) is 9.90 Å². The molecule has 6 heteroatoms. The van der Waals surface area contributed by atoms with Gasteiger partial charge >= 0.3 is 6.09 Å². The molecule has 0 saturated heterocycles. The van der Waals surface area contributed by atoms with Gasteiger partial charge in [-0.3, -0.25) is 5.32 Å². The van der Waals surface area contributed by atoms with Crippen molar-refractivity contribution >= 4 is 29.1 Å². The standard InChI is InChI=1S/C9H11ClN2O3/c1-2-15-9(14)12-7-3-5(10)6(11)4-8(7)13/h3-4,13H,2,11H2,1H3,(H,12,14). The maximum absolute atomic E-state index is 11.0. The first-order valence-corrected chi connectivity index (χ1v) is 4.64. The minimum absolute atomic E-state index is 0.160. The molecule has 0 fully saturated rings. The number of carbonyl (C=O) groups excluding carboxylic acids is 1. The van der Waals surface area contributed by atoms with Gasteiger partial charge in [0.25, 0.3) is 0 Å². The normalized spacial score (nSPS) is 9.73. The predicted molar refractivity (Wildman–Crippen MR) is 58.2 cm³/mol. The quantitative estimate of drug-likeness (QED) is 0.537. The molecule has 1 rings (SSSR count). The topological polar surface area (TPSA) is 84.6 Å². The SMILES string of the molecule is CCOC(=O)Nc1cc(Cl)c(N)cc1O. The zero-order valence-corrected chi connectivity index (χ0v) is 8.84. The van der Waals surface area contributed by atoms with Crippen LogP contribution >= 0.6 is 11.6 Å². The Hall–Kier alpha value is -1.62. The van der Waals surface area contributed by atoms with Crippen molar-refractivity contribution in [2.45, 2.75) is 6.92 Å². The summed E-state index contributed by atoms with van der Waals surface area (Å²) in [4.78, 5) is 11.0. The summed E-state index contributed by atoms with van der Waals surface area (Å²) in [6.45, 7) is 1.92. The van der Waals surface area contributed by atoms with Gasteiger partial charge in [-0.15, -0.1) is 0 Å². The second-order valence-corrected chi connectivity index (χ2v) is 3.14. The van der Waals surface area contributed by atoms with Crippen LogP contribution in [0.4, 0.5) is 16.2 Å². The van der Waals surface area contributed by atoms with E-state index in [1.165, 1.54) is 12.1 Å². The van der Waals surface area contributed by atoms with Crippen LogP contribution in [0.25, 0.3) is 0 Å². The van der Waals surface area contributed by atoms with E-state index >= 15 is 0 Å². The molecule has 1 aromatic carbocycles. The highest BCUT2D eigenvalue weighted by molar-refractivity contribution is 6.33. The van der Waals surface area contributed by atoms with Gasteiger partial charge in [-0.25, -0.2) is 4.79 Å². The zero-order valence-electron chi connectivity index (χ0n) is 8.08. The summed E-state index contributed by atoms with van der Waals surface area (Å²) in [5.74, 6) is -0.162. The average Bonchev–Trinajstić information content (AvgIpc) is 2.14. The van der Waals surface area contributed by atoms with Gasteiger partial charge < -0.3 is 15.6 Å². The number of nitrogens with two attached hydrogens (primary N) is 1. The molecule has 4 N–H and O–H groups in total. The van der Waals surface area contributed by atoms with Crippen LogP contribution in [0, 0.1) is 0 Å². The largest absolute Gasteiger partial charge is 0.506 e. The molecule has 0 unspecified atom stereocenters. The Morgan fingerprint density at radius 1 is 1.67 bits per heavy atom. The lowest BCUT2D eigenvalue weighted by Crippen LogP contribution is -2.13. The first-order valence-electron chi connectivity index (χ1n) is 4.26. The van der Waals surface area contributed by atoms with Gasteiger partial charge in [0.15, 0.2) is 0 Å². The van der Waals surface area contributed by atoms with Crippen molar-refractivity contribution in [2.24, 2.45) is 0 Å². The molecule has 5 nitrogen and oxygen atoms in total. The third kappa shape index (κ3) is 2.92. The Labute approximate surface area is 91.8 Å². The molecule has 0 spiro atoms. The lowest BCUT2D eigenvalue weighted by atomic mass is 10.2. The van der Waals surface area contributed by atoms with Gasteiger partial charge in [-0.2, -0.15) is 0 Å². The number of phenols is 1. The fourth-order valence-electron chi connectivity index (χ4n) is 0.955. The summed E-state index contributed by atoms with van der Waals surface area (Å²) >= 11 is 5.72. The maximum atomic E-state index is 11.0. The minimum atomic E-state index is -0.659. The van der Waals surface area contributed by atoms with Crippen molar-refractivity contribution in [2.75, 3.05) is 17.7 Å². The Morgan fingerprint density at radius 2 is 2.33 bits per heavy atom. The average molecular weight is 231 g/mol. The molecule has 15 heavy (non-hydrogen) atoms. The van der Waals surface area contributed by atoms with Crippen LogP contribution < -0.4 is 11.1 Å². The molecular formula is C9H11ClN2O3. The van der Waals surface area contributed by atoms with Crippen molar-refractivity contribution in [3.05, 3.63) is 17.2 Å². The van der Waals surface area contributed by atoms with Crippen molar-refractivity contribution < 1.29 is 14.6 Å². The fourth-order valence-corrected chi connectivity index (χ4v) is 1.12. The number of benzene rings is 1. The highest BCUT2D eigenvalue weighted by Crippen LogP contribution is 2.31. The second-order valence-electron chi connectivity index (χ2n) is 2.74. The highest BCUT2D eigenvalue weighted by Gasteiger charge is 2.09. The van der Waals surface area contributed by atoms with E-state index in [0.717, 1.165) is 0 Å². The molecule has 0 aliphatic rings. The number of nitrogens with one attached hydrogen (secondary N) is 1. The summed E-state index contributed by atoms with van der Waals surface area (Å²) in [5.41, 5.74) is 5.84. The van der Waals surface area contributed by atoms with Gasteiger partial charge in [0.1, 0.15) is 5.75 Å². The molecular weight excluding hydrogens is 220 g/mol. The lowest BCUT2D eigenvalue weighted by molar-refractivity contribution is 0.168. The molecule has 0 bridgehead atoms.